The summed E-state index contributed by atoms with van der Waals surface area (Å²) in [6.45, 7) is 0.348. The molecular formula is C5H9NaO4. The Morgan fingerprint density at radius 2 is 2.10 bits per heavy atom. The van der Waals surface area contributed by atoms with Gasteiger partial charge in [0.2, 0.25) is 0 Å². The molecule has 5 heteroatoms. The molecule has 0 fully saturated rings. The summed E-state index contributed by atoms with van der Waals surface area (Å²) in [4.78, 5) is 9.69. The van der Waals surface area contributed by atoms with E-state index in [2.05, 4.69) is 9.47 Å². The first-order valence-corrected chi connectivity index (χ1v) is 2.54. The second-order valence-electron chi connectivity index (χ2n) is 1.42. The Hall–Kier alpha value is 0.390. The standard InChI is InChI=1S/C5H10O4.Na/c1-8-2-3-9-4-5(6)7;/h2-4H2,1H3,(H,6,7);/q;+1/p-1. The fourth-order valence-electron chi connectivity index (χ4n) is 0.298. The zero-order chi connectivity index (χ0) is 7.11. The van der Waals surface area contributed by atoms with Gasteiger partial charge in [-0.25, -0.2) is 0 Å². The van der Waals surface area contributed by atoms with Crippen molar-refractivity contribution in [3.05, 3.63) is 0 Å². The van der Waals surface area contributed by atoms with Crippen molar-refractivity contribution in [2.75, 3.05) is 26.9 Å². The monoisotopic (exact) mass is 156 g/mol. The molecule has 0 heterocycles. The van der Waals surface area contributed by atoms with Crippen LogP contribution >= 0.6 is 0 Å². The van der Waals surface area contributed by atoms with Gasteiger partial charge >= 0.3 is 29.6 Å². The number of hydrogen-bond acceptors (Lipinski definition) is 4. The Bertz CT molecular complexity index is 85.7. The van der Waals surface area contributed by atoms with Crippen LogP contribution in [0.4, 0.5) is 0 Å². The van der Waals surface area contributed by atoms with Crippen LogP contribution in [0.15, 0.2) is 0 Å². The molecule has 0 saturated carbocycles. The zero-order valence-electron chi connectivity index (χ0n) is 6.25. The van der Waals surface area contributed by atoms with Crippen LogP contribution in [0.2, 0.25) is 0 Å². The number of carboxylic acids is 1. The molecule has 4 nitrogen and oxygen atoms in total. The Morgan fingerprint density at radius 3 is 2.50 bits per heavy atom. The molecular weight excluding hydrogens is 147 g/mol. The molecule has 0 atom stereocenters. The van der Waals surface area contributed by atoms with Crippen LogP contribution in [0.1, 0.15) is 0 Å². The van der Waals surface area contributed by atoms with Crippen LogP contribution < -0.4 is 34.7 Å². The van der Waals surface area contributed by atoms with Gasteiger partial charge in [-0.05, 0) is 0 Å². The van der Waals surface area contributed by atoms with Gasteiger partial charge in [0.05, 0.1) is 25.8 Å². The summed E-state index contributed by atoms with van der Waals surface area (Å²) < 4.78 is 9.13. The molecule has 10 heavy (non-hydrogen) atoms. The van der Waals surface area contributed by atoms with E-state index in [1.54, 1.807) is 0 Å². The van der Waals surface area contributed by atoms with E-state index in [-0.39, 0.29) is 36.2 Å². The number of carbonyl (C=O) groups excluding carboxylic acids is 1. The van der Waals surface area contributed by atoms with Gasteiger partial charge in [0, 0.05) is 7.11 Å². The van der Waals surface area contributed by atoms with Crippen molar-refractivity contribution in [3.63, 3.8) is 0 Å². The summed E-state index contributed by atoms with van der Waals surface area (Å²) in [5.74, 6) is -1.20. The van der Waals surface area contributed by atoms with Gasteiger partial charge in [0.1, 0.15) is 0 Å². The van der Waals surface area contributed by atoms with E-state index in [4.69, 9.17) is 0 Å². The van der Waals surface area contributed by atoms with Gasteiger partial charge in [-0.3, -0.25) is 0 Å². The maximum Gasteiger partial charge on any atom is 1.00 e. The van der Waals surface area contributed by atoms with Crippen molar-refractivity contribution in [1.29, 1.82) is 0 Å². The molecule has 0 aromatic heterocycles. The molecule has 54 valence electrons. The van der Waals surface area contributed by atoms with Crippen LogP contribution in [0, 0.1) is 0 Å². The molecule has 0 rings (SSSR count). The van der Waals surface area contributed by atoms with Crippen molar-refractivity contribution in [2.45, 2.75) is 0 Å². The first-order valence-electron chi connectivity index (χ1n) is 2.54. The predicted molar refractivity (Wildman–Crippen MR) is 27.7 cm³/mol. The van der Waals surface area contributed by atoms with E-state index in [1.165, 1.54) is 7.11 Å². The SMILES string of the molecule is COCCOCC(=O)[O-].[Na+]. The minimum absolute atomic E-state index is 0. The summed E-state index contributed by atoms with van der Waals surface area (Å²) in [6.07, 6.45) is 0. The fourth-order valence-corrected chi connectivity index (χ4v) is 0.298. The van der Waals surface area contributed by atoms with Gasteiger partial charge < -0.3 is 19.4 Å². The Balaban J connectivity index is 0. The third-order valence-corrected chi connectivity index (χ3v) is 0.652. The molecule has 0 aliphatic rings. The average Bonchev–Trinajstić information content (AvgIpc) is 1.80. The second kappa shape index (κ2) is 9.39. The van der Waals surface area contributed by atoms with E-state index in [9.17, 15) is 9.90 Å². The van der Waals surface area contributed by atoms with Crippen LogP contribution in [-0.2, 0) is 14.3 Å². The summed E-state index contributed by atoms with van der Waals surface area (Å²) in [5.41, 5.74) is 0. The Morgan fingerprint density at radius 1 is 1.50 bits per heavy atom. The third-order valence-electron chi connectivity index (χ3n) is 0.652. The largest absolute Gasteiger partial charge is 1.00 e. The minimum Gasteiger partial charge on any atom is -0.548 e. The number of carbonyl (C=O) groups is 1. The number of hydrogen-bond donors (Lipinski definition) is 0. The van der Waals surface area contributed by atoms with E-state index >= 15 is 0 Å². The minimum atomic E-state index is -1.20. The van der Waals surface area contributed by atoms with Crippen LogP contribution in [0.3, 0.4) is 0 Å². The first-order chi connectivity index (χ1) is 4.27. The van der Waals surface area contributed by atoms with Gasteiger partial charge in [-0.2, -0.15) is 0 Å². The average molecular weight is 156 g/mol. The molecule has 0 aromatic rings. The number of rotatable bonds is 5. The maximum absolute atomic E-state index is 9.69. The predicted octanol–water partition coefficient (Wildman–Crippen LogP) is -4.60. The number of aliphatic carboxylic acids is 1. The summed E-state index contributed by atoms with van der Waals surface area (Å²) >= 11 is 0. The Labute approximate surface area is 81.8 Å². The number of carboxylic acid groups (broad SMARTS) is 1. The van der Waals surface area contributed by atoms with Crippen molar-refractivity contribution in [2.24, 2.45) is 0 Å². The molecule has 0 amide bonds. The molecule has 0 N–H and O–H groups in total. The smallest absolute Gasteiger partial charge is 0.548 e. The topological polar surface area (TPSA) is 58.6 Å². The third kappa shape index (κ3) is 11.2. The zero-order valence-corrected chi connectivity index (χ0v) is 8.25. The molecule has 0 aliphatic carbocycles. The quantitative estimate of drug-likeness (QED) is 0.297. The second-order valence-corrected chi connectivity index (χ2v) is 1.42. The first kappa shape index (κ1) is 13.0. The van der Waals surface area contributed by atoms with E-state index in [0.29, 0.717) is 13.2 Å². The van der Waals surface area contributed by atoms with E-state index in [0.717, 1.165) is 0 Å². The number of methoxy groups -OCH3 is 1. The summed E-state index contributed by atoms with van der Waals surface area (Å²) in [6, 6.07) is 0. The van der Waals surface area contributed by atoms with Gasteiger partial charge in [-0.1, -0.05) is 0 Å². The van der Waals surface area contributed by atoms with Crippen LogP contribution in [0.5, 0.6) is 0 Å². The van der Waals surface area contributed by atoms with E-state index in [1.807, 2.05) is 0 Å². The molecule has 0 unspecified atom stereocenters. The molecule has 0 aliphatic heterocycles. The van der Waals surface area contributed by atoms with Gasteiger partial charge in [-0.15, -0.1) is 0 Å². The Kier molecular flexibility index (Phi) is 12.2. The maximum atomic E-state index is 9.69. The molecule has 0 aromatic carbocycles. The summed E-state index contributed by atoms with van der Waals surface area (Å²) in [5, 5.41) is 9.69. The fraction of sp³-hybridized carbons (Fsp3) is 0.800. The van der Waals surface area contributed by atoms with Crippen molar-refractivity contribution < 1.29 is 48.9 Å². The molecule has 0 bridgehead atoms. The van der Waals surface area contributed by atoms with Crippen LogP contribution in [0.25, 0.3) is 0 Å². The van der Waals surface area contributed by atoms with Crippen molar-refractivity contribution >= 4 is 5.97 Å². The molecule has 0 radical (unpaired) electrons. The molecule has 0 saturated heterocycles. The van der Waals surface area contributed by atoms with Crippen molar-refractivity contribution in [1.82, 2.24) is 0 Å². The van der Waals surface area contributed by atoms with Crippen LogP contribution in [-0.4, -0.2) is 32.9 Å². The van der Waals surface area contributed by atoms with E-state index < -0.39 is 5.97 Å². The number of ether oxygens (including phenoxy) is 2. The van der Waals surface area contributed by atoms with Crippen molar-refractivity contribution in [3.8, 4) is 0 Å². The molecule has 0 spiro atoms. The normalized spacial score (nSPS) is 8.50. The van der Waals surface area contributed by atoms with Gasteiger partial charge in [0.15, 0.2) is 0 Å². The summed E-state index contributed by atoms with van der Waals surface area (Å²) in [7, 11) is 1.52. The van der Waals surface area contributed by atoms with Gasteiger partial charge in [0.25, 0.3) is 0 Å².